The number of aromatic nitrogens is 2. The molecule has 21 heavy (non-hydrogen) atoms. The van der Waals surface area contributed by atoms with E-state index in [1.807, 2.05) is 36.1 Å². The summed E-state index contributed by atoms with van der Waals surface area (Å²) >= 11 is 1.83. The van der Waals surface area contributed by atoms with Gasteiger partial charge in [0.1, 0.15) is 0 Å². The van der Waals surface area contributed by atoms with Crippen molar-refractivity contribution >= 4 is 11.3 Å². The maximum absolute atomic E-state index is 4.33. The van der Waals surface area contributed by atoms with E-state index >= 15 is 0 Å². The van der Waals surface area contributed by atoms with E-state index in [4.69, 9.17) is 0 Å². The van der Waals surface area contributed by atoms with Gasteiger partial charge in [-0.1, -0.05) is 0 Å². The molecule has 3 heteroatoms. The lowest BCUT2D eigenvalue weighted by atomic mass is 10.0. The molecule has 0 N–H and O–H groups in total. The summed E-state index contributed by atoms with van der Waals surface area (Å²) in [6.07, 6.45) is 10.4. The number of thiophene rings is 1. The molecule has 0 bridgehead atoms. The van der Waals surface area contributed by atoms with Crippen molar-refractivity contribution in [3.05, 3.63) is 60.2 Å². The smallest absolute Gasteiger partial charge is 0.0367 e. The molecule has 0 atom stereocenters. The van der Waals surface area contributed by atoms with Crippen LogP contribution in [0.15, 0.2) is 49.1 Å². The first-order chi connectivity index (χ1) is 10.3. The van der Waals surface area contributed by atoms with Gasteiger partial charge >= 0.3 is 0 Å². The highest BCUT2D eigenvalue weighted by atomic mass is 32.1. The largest absolute Gasteiger partial charge is 0.264 e. The average Bonchev–Trinajstić information content (AvgIpc) is 3.25. The fourth-order valence-corrected chi connectivity index (χ4v) is 3.82. The molecule has 4 rings (SSSR count). The van der Waals surface area contributed by atoms with Gasteiger partial charge in [-0.3, -0.25) is 9.97 Å². The normalized spacial score (nSPS) is 14.3. The molecule has 0 spiro atoms. The quantitative estimate of drug-likeness (QED) is 0.674. The van der Waals surface area contributed by atoms with Crippen LogP contribution in [0.25, 0.3) is 20.9 Å². The molecule has 1 aliphatic rings. The van der Waals surface area contributed by atoms with Crippen molar-refractivity contribution < 1.29 is 0 Å². The summed E-state index contributed by atoms with van der Waals surface area (Å²) in [4.78, 5) is 11.2. The van der Waals surface area contributed by atoms with Crippen LogP contribution in [0, 0.1) is 6.92 Å². The van der Waals surface area contributed by atoms with Gasteiger partial charge in [0.2, 0.25) is 0 Å². The standard InChI is InChI=1S/C18H16N2S/c1-12-6-8-19-10-15(12)17-4-5-18(21-17)16-11-20-9-7-14(16)13-2-3-13/h4-11,13H,2-3H2,1H3. The lowest BCUT2D eigenvalue weighted by molar-refractivity contribution is 1.11. The molecule has 1 fully saturated rings. The van der Waals surface area contributed by atoms with Crippen LogP contribution < -0.4 is 0 Å². The summed E-state index contributed by atoms with van der Waals surface area (Å²) in [5, 5.41) is 0. The number of hydrogen-bond acceptors (Lipinski definition) is 3. The SMILES string of the molecule is Cc1ccncc1-c1ccc(-c2cnccc2C2CC2)s1. The zero-order valence-corrected chi connectivity index (χ0v) is 12.7. The van der Waals surface area contributed by atoms with Crippen molar-refractivity contribution in [1.29, 1.82) is 0 Å². The molecule has 0 radical (unpaired) electrons. The first-order valence-corrected chi connectivity index (χ1v) is 8.09. The van der Waals surface area contributed by atoms with Gasteiger partial charge in [0, 0.05) is 45.7 Å². The summed E-state index contributed by atoms with van der Waals surface area (Å²) in [5.74, 6) is 0.744. The summed E-state index contributed by atoms with van der Waals surface area (Å²) in [6.45, 7) is 2.14. The highest BCUT2D eigenvalue weighted by molar-refractivity contribution is 7.18. The third-order valence-electron chi connectivity index (χ3n) is 4.05. The molecule has 0 saturated heterocycles. The highest BCUT2D eigenvalue weighted by Crippen LogP contribution is 2.46. The highest BCUT2D eigenvalue weighted by Gasteiger charge is 2.26. The number of aryl methyl sites for hydroxylation is 1. The predicted octanol–water partition coefficient (Wildman–Crippen LogP) is 5.06. The van der Waals surface area contributed by atoms with E-state index in [1.54, 1.807) is 0 Å². The molecule has 0 amide bonds. The minimum atomic E-state index is 0.744. The van der Waals surface area contributed by atoms with Crippen LogP contribution in [-0.4, -0.2) is 9.97 Å². The second kappa shape index (κ2) is 5.08. The third-order valence-corrected chi connectivity index (χ3v) is 5.20. The molecule has 3 heterocycles. The van der Waals surface area contributed by atoms with E-state index in [-0.39, 0.29) is 0 Å². The molecule has 0 aromatic carbocycles. The lowest BCUT2D eigenvalue weighted by Crippen LogP contribution is -1.86. The van der Waals surface area contributed by atoms with E-state index in [0.29, 0.717) is 0 Å². The van der Waals surface area contributed by atoms with E-state index in [9.17, 15) is 0 Å². The Hall–Kier alpha value is -2.00. The third kappa shape index (κ3) is 2.38. The van der Waals surface area contributed by atoms with Gasteiger partial charge in [0.25, 0.3) is 0 Å². The van der Waals surface area contributed by atoms with Crippen LogP contribution in [0.3, 0.4) is 0 Å². The Kier molecular flexibility index (Phi) is 3.08. The molecule has 0 unspecified atom stereocenters. The Bertz CT molecular complexity index is 787. The van der Waals surface area contributed by atoms with Crippen molar-refractivity contribution in [2.24, 2.45) is 0 Å². The maximum Gasteiger partial charge on any atom is 0.0367 e. The summed E-state index contributed by atoms with van der Waals surface area (Å²) in [5.41, 5.74) is 5.26. The number of nitrogens with zero attached hydrogens (tertiary/aromatic N) is 2. The Morgan fingerprint density at radius 1 is 0.905 bits per heavy atom. The van der Waals surface area contributed by atoms with E-state index < -0.39 is 0 Å². The molecular formula is C18H16N2S. The van der Waals surface area contributed by atoms with Crippen LogP contribution in [-0.2, 0) is 0 Å². The molecule has 2 nitrogen and oxygen atoms in total. The predicted molar refractivity (Wildman–Crippen MR) is 87.5 cm³/mol. The average molecular weight is 292 g/mol. The van der Waals surface area contributed by atoms with Crippen molar-refractivity contribution in [2.75, 3.05) is 0 Å². The van der Waals surface area contributed by atoms with E-state index in [2.05, 4.69) is 41.2 Å². The zero-order valence-electron chi connectivity index (χ0n) is 11.9. The fraction of sp³-hybridized carbons (Fsp3) is 0.222. The fourth-order valence-electron chi connectivity index (χ4n) is 2.71. The van der Waals surface area contributed by atoms with Gasteiger partial charge < -0.3 is 0 Å². The first kappa shape index (κ1) is 12.7. The molecule has 1 saturated carbocycles. The Morgan fingerprint density at radius 3 is 2.29 bits per heavy atom. The van der Waals surface area contributed by atoms with E-state index in [0.717, 1.165) is 5.92 Å². The first-order valence-electron chi connectivity index (χ1n) is 7.28. The lowest BCUT2D eigenvalue weighted by Gasteiger charge is -2.05. The molecule has 3 aromatic rings. The van der Waals surface area contributed by atoms with Crippen LogP contribution >= 0.6 is 11.3 Å². The summed E-state index contributed by atoms with van der Waals surface area (Å²) < 4.78 is 0. The van der Waals surface area contributed by atoms with Gasteiger partial charge in [-0.05, 0) is 61.1 Å². The summed E-state index contributed by atoms with van der Waals surface area (Å²) in [6, 6.07) is 8.67. The van der Waals surface area contributed by atoms with Crippen LogP contribution in [0.2, 0.25) is 0 Å². The monoisotopic (exact) mass is 292 g/mol. The molecule has 3 aromatic heterocycles. The maximum atomic E-state index is 4.33. The van der Waals surface area contributed by atoms with Gasteiger partial charge in [-0.25, -0.2) is 0 Å². The number of rotatable bonds is 3. The minimum absolute atomic E-state index is 0.744. The number of pyridine rings is 2. The van der Waals surface area contributed by atoms with Crippen LogP contribution in [0.4, 0.5) is 0 Å². The van der Waals surface area contributed by atoms with Crippen LogP contribution in [0.5, 0.6) is 0 Å². The topological polar surface area (TPSA) is 25.8 Å². The zero-order chi connectivity index (χ0) is 14.2. The Morgan fingerprint density at radius 2 is 1.57 bits per heavy atom. The number of hydrogen-bond donors (Lipinski definition) is 0. The van der Waals surface area contributed by atoms with Crippen LogP contribution in [0.1, 0.15) is 29.9 Å². The molecule has 1 aliphatic carbocycles. The van der Waals surface area contributed by atoms with Crippen molar-refractivity contribution in [1.82, 2.24) is 9.97 Å². The van der Waals surface area contributed by atoms with Crippen molar-refractivity contribution in [3.63, 3.8) is 0 Å². The molecular weight excluding hydrogens is 276 g/mol. The summed E-state index contributed by atoms with van der Waals surface area (Å²) in [7, 11) is 0. The Labute approximate surface area is 128 Å². The van der Waals surface area contributed by atoms with Crippen molar-refractivity contribution in [3.8, 4) is 20.9 Å². The van der Waals surface area contributed by atoms with Crippen molar-refractivity contribution in [2.45, 2.75) is 25.7 Å². The van der Waals surface area contributed by atoms with Gasteiger partial charge in [-0.15, -0.1) is 11.3 Å². The second-order valence-corrected chi connectivity index (χ2v) is 6.68. The molecule has 0 aliphatic heterocycles. The van der Waals surface area contributed by atoms with Gasteiger partial charge in [0.15, 0.2) is 0 Å². The minimum Gasteiger partial charge on any atom is -0.264 e. The van der Waals surface area contributed by atoms with Gasteiger partial charge in [0.05, 0.1) is 0 Å². The molecule has 104 valence electrons. The Balaban J connectivity index is 1.77. The second-order valence-electron chi connectivity index (χ2n) is 5.59. The van der Waals surface area contributed by atoms with E-state index in [1.165, 1.54) is 44.8 Å². The van der Waals surface area contributed by atoms with Gasteiger partial charge in [-0.2, -0.15) is 0 Å².